The van der Waals surface area contributed by atoms with Gasteiger partial charge < -0.3 is 23.8 Å². The van der Waals surface area contributed by atoms with Gasteiger partial charge in [0.2, 0.25) is 0 Å². The normalized spacial score (nSPS) is 13.3. The number of quaternary nitrogens is 1. The molecule has 1 N–H and O–H groups in total. The standard InChI is InChI=1S/C55H97NO7/c1-6-8-10-12-14-16-18-20-22-23-24-25-26-27-28-29-30-32-33-35-37-39-41-43-45-53(57)62-50-51(49-61-48-47-52(55(59)60)56(3,4)5)63-54(58)46-44-42-40-38-36-34-31-21-19-17-15-13-11-9-7-2/h9,11,15,17,21,31,36,38,42,44,51-52H,6-8,10,12-14,16,18-20,22-30,32-35,37,39-41,43,45-50H2,1-5H3/p+1/b11-9-,17-15-,31-21-,38-36-,44-42-. The van der Waals surface area contributed by atoms with E-state index >= 15 is 0 Å². The van der Waals surface area contributed by atoms with Crippen LogP contribution >= 0.6 is 0 Å². The second-order valence-electron chi connectivity index (χ2n) is 18.4. The number of hydrogen-bond acceptors (Lipinski definition) is 6. The van der Waals surface area contributed by atoms with Crippen molar-refractivity contribution in [3.63, 3.8) is 0 Å². The molecule has 0 bridgehead atoms. The molecule has 0 spiro atoms. The van der Waals surface area contributed by atoms with Crippen molar-refractivity contribution in [3.8, 4) is 0 Å². The Morgan fingerprint density at radius 1 is 0.492 bits per heavy atom. The molecule has 0 radical (unpaired) electrons. The monoisotopic (exact) mass is 885 g/mol. The Kier molecular flexibility index (Phi) is 43.4. The Balaban J connectivity index is 4.23. The van der Waals surface area contributed by atoms with Crippen molar-refractivity contribution < 1.29 is 38.2 Å². The molecule has 0 rings (SSSR count). The topological polar surface area (TPSA) is 99.1 Å². The number of carboxylic acid groups (broad SMARTS) is 1. The van der Waals surface area contributed by atoms with Crippen molar-refractivity contribution in [2.45, 2.75) is 231 Å². The van der Waals surface area contributed by atoms with Crippen LogP contribution in [0.1, 0.15) is 219 Å². The van der Waals surface area contributed by atoms with E-state index in [4.69, 9.17) is 14.2 Å². The molecule has 8 nitrogen and oxygen atoms in total. The van der Waals surface area contributed by atoms with E-state index in [2.05, 4.69) is 62.5 Å². The van der Waals surface area contributed by atoms with Crippen LogP contribution in [0.3, 0.4) is 0 Å². The quantitative estimate of drug-likeness (QED) is 0.0281. The van der Waals surface area contributed by atoms with Gasteiger partial charge in [-0.2, -0.15) is 0 Å². The molecule has 0 aliphatic heterocycles. The van der Waals surface area contributed by atoms with Crippen LogP contribution in [0.15, 0.2) is 60.8 Å². The molecule has 8 heteroatoms. The molecule has 364 valence electrons. The molecule has 2 atom stereocenters. The summed E-state index contributed by atoms with van der Waals surface area (Å²) in [6, 6.07) is -0.632. The number of carbonyl (C=O) groups excluding carboxylic acids is 2. The van der Waals surface area contributed by atoms with Gasteiger partial charge in [-0.05, 0) is 38.5 Å². The Morgan fingerprint density at radius 2 is 0.873 bits per heavy atom. The minimum absolute atomic E-state index is 0.0215. The first kappa shape index (κ1) is 60.0. The van der Waals surface area contributed by atoms with Crippen LogP contribution in [0.25, 0.3) is 0 Å². The number of nitrogens with zero attached hydrogens (tertiary/aromatic N) is 1. The first-order valence-corrected chi connectivity index (χ1v) is 25.8. The molecular formula is C55H98NO7+. The average molecular weight is 885 g/mol. The largest absolute Gasteiger partial charge is 0.477 e. The highest BCUT2D eigenvalue weighted by molar-refractivity contribution is 5.72. The van der Waals surface area contributed by atoms with Crippen LogP contribution in [0.5, 0.6) is 0 Å². The molecule has 0 aromatic heterocycles. The maximum atomic E-state index is 12.7. The van der Waals surface area contributed by atoms with Gasteiger partial charge in [-0.15, -0.1) is 0 Å². The van der Waals surface area contributed by atoms with Crippen molar-refractivity contribution in [1.29, 1.82) is 0 Å². The Hall–Kier alpha value is -2.97. The summed E-state index contributed by atoms with van der Waals surface area (Å²) in [5, 5.41) is 9.64. The van der Waals surface area contributed by atoms with Crippen LogP contribution in [-0.2, 0) is 28.6 Å². The second kappa shape index (κ2) is 45.6. The molecule has 0 saturated carbocycles. The lowest BCUT2D eigenvalue weighted by molar-refractivity contribution is -0.887. The third-order valence-electron chi connectivity index (χ3n) is 11.5. The van der Waals surface area contributed by atoms with E-state index in [0.717, 1.165) is 44.9 Å². The zero-order valence-corrected chi connectivity index (χ0v) is 41.5. The lowest BCUT2D eigenvalue weighted by atomic mass is 10.0. The van der Waals surface area contributed by atoms with Gasteiger partial charge in [-0.25, -0.2) is 4.79 Å². The number of likely N-dealkylation sites (N-methyl/N-ethyl adjacent to an activating group) is 1. The van der Waals surface area contributed by atoms with Crippen molar-refractivity contribution in [2.75, 3.05) is 41.0 Å². The van der Waals surface area contributed by atoms with Gasteiger partial charge in [0.15, 0.2) is 12.1 Å². The fraction of sp³-hybridized carbons (Fsp3) is 0.764. The molecule has 0 aliphatic carbocycles. The number of rotatable bonds is 46. The SMILES string of the molecule is CC/C=C\C/C=C\C/C=C\C/C=C\C/C=C\CC(=O)OC(COCCC(C(=O)O)[N+](C)(C)C)COC(=O)CCCCCCCCCCCCCCCCCCCCCCCCCC. The Labute approximate surface area is 388 Å². The van der Waals surface area contributed by atoms with E-state index in [9.17, 15) is 19.5 Å². The molecule has 0 heterocycles. The molecule has 0 aliphatic rings. The molecule has 63 heavy (non-hydrogen) atoms. The van der Waals surface area contributed by atoms with E-state index in [-0.39, 0.29) is 36.7 Å². The van der Waals surface area contributed by atoms with Gasteiger partial charge in [0.1, 0.15) is 6.61 Å². The highest BCUT2D eigenvalue weighted by Crippen LogP contribution is 2.16. The summed E-state index contributed by atoms with van der Waals surface area (Å²) in [4.78, 5) is 37.0. The van der Waals surface area contributed by atoms with Crippen molar-refractivity contribution in [3.05, 3.63) is 60.8 Å². The third kappa shape index (κ3) is 44.0. The average Bonchev–Trinajstić information content (AvgIpc) is 3.24. The number of hydrogen-bond donors (Lipinski definition) is 1. The number of carbonyl (C=O) groups is 3. The minimum Gasteiger partial charge on any atom is -0.477 e. The van der Waals surface area contributed by atoms with Crippen LogP contribution in [0.4, 0.5) is 0 Å². The number of unbranched alkanes of at least 4 members (excludes halogenated alkanes) is 23. The lowest BCUT2D eigenvalue weighted by Crippen LogP contribution is -2.50. The van der Waals surface area contributed by atoms with E-state index in [1.165, 1.54) is 135 Å². The van der Waals surface area contributed by atoms with Gasteiger partial charge in [-0.1, -0.05) is 222 Å². The zero-order valence-electron chi connectivity index (χ0n) is 41.5. The van der Waals surface area contributed by atoms with Crippen LogP contribution in [0, 0.1) is 0 Å². The van der Waals surface area contributed by atoms with E-state index in [0.29, 0.717) is 19.3 Å². The molecule has 0 amide bonds. The smallest absolute Gasteiger partial charge is 0.362 e. The fourth-order valence-corrected chi connectivity index (χ4v) is 7.52. The van der Waals surface area contributed by atoms with Crippen molar-refractivity contribution >= 4 is 17.9 Å². The maximum absolute atomic E-state index is 12.7. The van der Waals surface area contributed by atoms with E-state index in [1.54, 1.807) is 6.08 Å². The van der Waals surface area contributed by atoms with Crippen LogP contribution in [-0.4, -0.2) is 80.6 Å². The van der Waals surface area contributed by atoms with Gasteiger partial charge >= 0.3 is 17.9 Å². The number of carboxylic acids is 1. The van der Waals surface area contributed by atoms with Crippen LogP contribution in [0.2, 0.25) is 0 Å². The minimum atomic E-state index is -0.888. The summed E-state index contributed by atoms with van der Waals surface area (Å²) in [5.74, 6) is -1.62. The number of esters is 2. The van der Waals surface area contributed by atoms with Gasteiger partial charge in [0.25, 0.3) is 0 Å². The second-order valence-corrected chi connectivity index (χ2v) is 18.4. The summed E-state index contributed by atoms with van der Waals surface area (Å²) in [6.07, 6.45) is 57.5. The van der Waals surface area contributed by atoms with Gasteiger partial charge in [-0.3, -0.25) is 9.59 Å². The highest BCUT2D eigenvalue weighted by atomic mass is 16.6. The number of allylic oxidation sites excluding steroid dienone is 9. The lowest BCUT2D eigenvalue weighted by Gasteiger charge is -2.31. The summed E-state index contributed by atoms with van der Waals surface area (Å²) < 4.78 is 17.2. The van der Waals surface area contributed by atoms with Gasteiger partial charge in [0, 0.05) is 12.8 Å². The number of ether oxygens (including phenoxy) is 3. The fourth-order valence-electron chi connectivity index (χ4n) is 7.52. The Morgan fingerprint density at radius 3 is 1.25 bits per heavy atom. The molecule has 0 aromatic carbocycles. The molecule has 0 aromatic rings. The van der Waals surface area contributed by atoms with Crippen LogP contribution < -0.4 is 0 Å². The highest BCUT2D eigenvalue weighted by Gasteiger charge is 2.31. The van der Waals surface area contributed by atoms with E-state index < -0.39 is 24.1 Å². The summed E-state index contributed by atoms with van der Waals surface area (Å²) in [5.41, 5.74) is 0. The van der Waals surface area contributed by atoms with Gasteiger partial charge in [0.05, 0.1) is 40.8 Å². The molecule has 0 fully saturated rings. The summed E-state index contributed by atoms with van der Waals surface area (Å²) in [7, 11) is 5.50. The van der Waals surface area contributed by atoms with Crippen molar-refractivity contribution in [1.82, 2.24) is 0 Å². The first-order chi connectivity index (χ1) is 30.6. The molecule has 2 unspecified atom stereocenters. The summed E-state index contributed by atoms with van der Waals surface area (Å²) in [6.45, 7) is 4.54. The number of aliphatic carboxylic acids is 1. The first-order valence-electron chi connectivity index (χ1n) is 25.8. The molecule has 0 saturated heterocycles. The zero-order chi connectivity index (χ0) is 46.3. The maximum Gasteiger partial charge on any atom is 0.362 e. The predicted octanol–water partition coefficient (Wildman–Crippen LogP) is 14.9. The van der Waals surface area contributed by atoms with E-state index in [1.807, 2.05) is 27.2 Å². The summed E-state index contributed by atoms with van der Waals surface area (Å²) >= 11 is 0. The molecular weight excluding hydrogens is 787 g/mol. The Bertz CT molecular complexity index is 1210. The third-order valence-corrected chi connectivity index (χ3v) is 11.5. The predicted molar refractivity (Wildman–Crippen MR) is 266 cm³/mol. The van der Waals surface area contributed by atoms with Crippen molar-refractivity contribution in [2.24, 2.45) is 0 Å².